The van der Waals surface area contributed by atoms with Gasteiger partial charge in [0.2, 0.25) is 15.9 Å². The number of nitrogens with zero attached hydrogens (tertiary/aromatic N) is 3. The van der Waals surface area contributed by atoms with Crippen molar-refractivity contribution in [1.82, 2.24) is 15.1 Å². The van der Waals surface area contributed by atoms with Crippen LogP contribution in [-0.2, 0) is 70.1 Å². The van der Waals surface area contributed by atoms with Gasteiger partial charge in [-0.05, 0) is 123 Å². The molecule has 0 spiro atoms. The Balaban J connectivity index is 1.45. The molecule has 17 nitrogen and oxygen atoms in total. The van der Waals surface area contributed by atoms with Gasteiger partial charge >= 0.3 is 24.2 Å². The molecule has 0 radical (unpaired) electrons. The standard InChI is InChI=1S/C50H61N5O12S2/c1-11-64-41(56)29-38-28-36-30-54(26-25-40(36)68-38)44(58)39(27-32-17-23-37(24-18-32)53-69(62,63)31-33-15-13-12-14-16-33)51-43(57)35-21-19-34(20-22-35)42(52-45(59)65-48(2,3)4)55(46(60)66-49(5,6)7)47(61)67-50(8,9)10/h12-24,28,39,53H,11,25-27,29-31H2,1-10H3,(H,51,57)/t39-/m0/s1. The van der Waals surface area contributed by atoms with Gasteiger partial charge in [-0.25, -0.2) is 22.8 Å². The molecule has 69 heavy (non-hydrogen) atoms. The first kappa shape index (κ1) is 53.4. The second-order valence-corrected chi connectivity index (χ2v) is 22.2. The van der Waals surface area contributed by atoms with E-state index >= 15 is 0 Å². The van der Waals surface area contributed by atoms with Crippen LogP contribution >= 0.6 is 11.3 Å². The number of nitrogens with one attached hydrogen (secondary N) is 2. The van der Waals surface area contributed by atoms with Crippen LogP contribution in [-0.4, -0.2) is 96.1 Å². The summed E-state index contributed by atoms with van der Waals surface area (Å²) < 4.78 is 50.2. The maximum Gasteiger partial charge on any atom is 0.436 e. The quantitative estimate of drug-likeness (QED) is 0.0558. The van der Waals surface area contributed by atoms with Gasteiger partial charge in [0.05, 0.1) is 18.8 Å². The molecule has 4 aromatic rings. The van der Waals surface area contributed by atoms with Gasteiger partial charge in [0, 0.05) is 46.1 Å². The average Bonchev–Trinajstić information content (AvgIpc) is 3.63. The highest BCUT2D eigenvalue weighted by atomic mass is 32.2. The maximum atomic E-state index is 14.5. The largest absolute Gasteiger partial charge is 0.466 e. The Labute approximate surface area is 407 Å². The van der Waals surface area contributed by atoms with Crippen LogP contribution < -0.4 is 10.0 Å². The maximum absolute atomic E-state index is 14.5. The molecule has 2 heterocycles. The third-order valence-electron chi connectivity index (χ3n) is 9.68. The summed E-state index contributed by atoms with van der Waals surface area (Å²) in [4.78, 5) is 89.6. The minimum absolute atomic E-state index is 0.0221. The second-order valence-electron chi connectivity index (χ2n) is 19.2. The lowest BCUT2D eigenvalue weighted by Gasteiger charge is -2.31. The number of sulfonamides is 1. The number of aliphatic imine (C=N–C) groups is 1. The molecule has 1 aromatic heterocycles. The Morgan fingerprint density at radius 3 is 1.91 bits per heavy atom. The fourth-order valence-corrected chi connectivity index (χ4v) is 9.24. The first-order valence-corrected chi connectivity index (χ1v) is 24.8. The highest BCUT2D eigenvalue weighted by Crippen LogP contribution is 2.30. The number of thiophene rings is 1. The monoisotopic (exact) mass is 987 g/mol. The number of ether oxygens (including phenoxy) is 4. The van der Waals surface area contributed by atoms with Crippen LogP contribution in [0.3, 0.4) is 0 Å². The molecule has 3 aromatic carbocycles. The van der Waals surface area contributed by atoms with Crippen LogP contribution in [0.2, 0.25) is 0 Å². The number of esters is 1. The molecule has 0 unspecified atom stereocenters. The van der Waals surface area contributed by atoms with Crippen molar-refractivity contribution in [3.05, 3.63) is 123 Å². The molecular formula is C50H61N5O12S2. The van der Waals surface area contributed by atoms with Gasteiger partial charge in [0.1, 0.15) is 22.8 Å². The van der Waals surface area contributed by atoms with Crippen molar-refractivity contribution in [2.45, 2.75) is 124 Å². The van der Waals surface area contributed by atoms with E-state index in [9.17, 15) is 37.2 Å². The third-order valence-corrected chi connectivity index (χ3v) is 12.2. The summed E-state index contributed by atoms with van der Waals surface area (Å²) in [5, 5.41) is 2.88. The topological polar surface area (TPSA) is 216 Å². The van der Waals surface area contributed by atoms with Gasteiger partial charge in [-0.3, -0.25) is 19.1 Å². The third kappa shape index (κ3) is 16.6. The number of amides is 5. The van der Waals surface area contributed by atoms with E-state index in [0.717, 1.165) is 15.3 Å². The van der Waals surface area contributed by atoms with Crippen molar-refractivity contribution >= 4 is 68.9 Å². The Morgan fingerprint density at radius 1 is 0.768 bits per heavy atom. The van der Waals surface area contributed by atoms with Gasteiger partial charge in [-0.15, -0.1) is 11.3 Å². The van der Waals surface area contributed by atoms with Gasteiger partial charge in [-0.1, -0.05) is 54.6 Å². The number of imide groups is 1. The van der Waals surface area contributed by atoms with Gasteiger partial charge in [0.25, 0.3) is 5.91 Å². The SMILES string of the molecule is CCOC(=O)Cc1cc2c(s1)CCN(C(=O)[C@H](Cc1ccc(NS(=O)(=O)Cc3ccccc3)cc1)NC(=O)c1ccc(C(=NC(=O)OC(C)(C)C)N(C(=O)OC(C)(C)C)C(=O)OC(C)(C)C)cc1)C2. The molecule has 1 atom stereocenters. The van der Waals surface area contributed by atoms with E-state index in [2.05, 4.69) is 15.0 Å². The molecule has 1 aliphatic rings. The molecule has 0 aliphatic carbocycles. The van der Waals surface area contributed by atoms with Crippen molar-refractivity contribution in [3.8, 4) is 0 Å². The van der Waals surface area contributed by atoms with Crippen LogP contribution in [0.5, 0.6) is 0 Å². The molecule has 2 N–H and O–H groups in total. The molecule has 0 bridgehead atoms. The highest BCUT2D eigenvalue weighted by Gasteiger charge is 2.37. The molecule has 5 amide bonds. The highest BCUT2D eigenvalue weighted by molar-refractivity contribution is 7.91. The molecule has 370 valence electrons. The fraction of sp³-hybridized carbons (Fsp3) is 0.420. The summed E-state index contributed by atoms with van der Waals surface area (Å²) in [7, 11) is -3.75. The number of fused-ring (bicyclic) bond motifs is 1. The van der Waals surface area contributed by atoms with E-state index in [1.807, 2.05) is 6.07 Å². The number of anilines is 1. The Hall–Kier alpha value is -6.60. The molecular weight excluding hydrogens is 927 g/mol. The number of hydrogen-bond donors (Lipinski definition) is 2. The van der Waals surface area contributed by atoms with Crippen molar-refractivity contribution in [2.24, 2.45) is 4.99 Å². The lowest BCUT2D eigenvalue weighted by molar-refractivity contribution is -0.142. The Bertz CT molecular complexity index is 2620. The predicted octanol–water partition coefficient (Wildman–Crippen LogP) is 8.58. The van der Waals surface area contributed by atoms with E-state index in [1.54, 1.807) is 129 Å². The fourth-order valence-electron chi connectivity index (χ4n) is 6.89. The van der Waals surface area contributed by atoms with Crippen LogP contribution in [0.25, 0.3) is 0 Å². The number of carbonyl (C=O) groups excluding carboxylic acids is 6. The first-order valence-electron chi connectivity index (χ1n) is 22.3. The predicted molar refractivity (Wildman–Crippen MR) is 261 cm³/mol. The van der Waals surface area contributed by atoms with Crippen LogP contribution in [0, 0.1) is 0 Å². The molecule has 0 fully saturated rings. The van der Waals surface area contributed by atoms with E-state index in [-0.39, 0.29) is 54.7 Å². The van der Waals surface area contributed by atoms with Gasteiger partial charge in [-0.2, -0.15) is 9.89 Å². The number of carbonyl (C=O) groups is 6. The zero-order chi connectivity index (χ0) is 50.9. The number of rotatable bonds is 13. The lowest BCUT2D eigenvalue weighted by Crippen LogP contribution is -2.50. The van der Waals surface area contributed by atoms with Crippen LogP contribution in [0.1, 0.15) is 112 Å². The van der Waals surface area contributed by atoms with E-state index in [4.69, 9.17) is 18.9 Å². The minimum Gasteiger partial charge on any atom is -0.466 e. The zero-order valence-electron chi connectivity index (χ0n) is 40.7. The van der Waals surface area contributed by atoms with Crippen molar-refractivity contribution < 1.29 is 56.1 Å². The summed E-state index contributed by atoms with van der Waals surface area (Å²) >= 11 is 1.50. The molecule has 5 rings (SSSR count). The number of amidine groups is 1. The summed E-state index contributed by atoms with van der Waals surface area (Å²) in [6, 6.07) is 21.5. The van der Waals surface area contributed by atoms with Crippen molar-refractivity contribution in [2.75, 3.05) is 17.9 Å². The van der Waals surface area contributed by atoms with E-state index in [1.165, 1.54) is 35.6 Å². The molecule has 1 aliphatic heterocycles. The van der Waals surface area contributed by atoms with Crippen molar-refractivity contribution in [1.29, 1.82) is 0 Å². The summed E-state index contributed by atoms with van der Waals surface area (Å²) in [5.74, 6) is -2.11. The van der Waals surface area contributed by atoms with Crippen LogP contribution in [0.4, 0.5) is 20.1 Å². The number of benzene rings is 3. The van der Waals surface area contributed by atoms with Gasteiger partial charge in [0.15, 0.2) is 5.84 Å². The average molecular weight is 988 g/mol. The van der Waals surface area contributed by atoms with Gasteiger partial charge < -0.3 is 29.2 Å². The lowest BCUT2D eigenvalue weighted by atomic mass is 10.0. The number of hydrogen-bond acceptors (Lipinski definition) is 13. The van der Waals surface area contributed by atoms with Crippen LogP contribution in [0.15, 0.2) is 89.9 Å². The molecule has 0 saturated heterocycles. The Kier molecular flexibility index (Phi) is 17.2. The Morgan fingerprint density at radius 2 is 1.35 bits per heavy atom. The minimum atomic E-state index is -3.75. The van der Waals surface area contributed by atoms with E-state index < -0.39 is 62.9 Å². The zero-order valence-corrected chi connectivity index (χ0v) is 42.3. The second kappa shape index (κ2) is 22.2. The van der Waals surface area contributed by atoms with E-state index in [0.29, 0.717) is 34.7 Å². The smallest absolute Gasteiger partial charge is 0.436 e. The normalized spacial score (nSPS) is 13.6. The summed E-state index contributed by atoms with van der Waals surface area (Å²) in [6.45, 7) is 17.0. The molecule has 19 heteroatoms. The molecule has 0 saturated carbocycles. The summed E-state index contributed by atoms with van der Waals surface area (Å²) in [6.07, 6.45) is -2.84. The van der Waals surface area contributed by atoms with Crippen molar-refractivity contribution in [3.63, 3.8) is 0 Å². The summed E-state index contributed by atoms with van der Waals surface area (Å²) in [5.41, 5.74) is -0.626. The first-order chi connectivity index (χ1) is 32.2.